The molecule has 0 spiro atoms. The van der Waals surface area contributed by atoms with E-state index in [2.05, 4.69) is 10.3 Å². The van der Waals surface area contributed by atoms with Gasteiger partial charge in [-0.2, -0.15) is 0 Å². The number of rotatable bonds is 14. The molecule has 9 heteroatoms. The summed E-state index contributed by atoms with van der Waals surface area (Å²) in [6, 6.07) is 12.4. The van der Waals surface area contributed by atoms with Crippen LogP contribution in [0, 0.1) is 0 Å². The number of ether oxygens (including phenoxy) is 5. The van der Waals surface area contributed by atoms with Crippen molar-refractivity contribution < 1.29 is 28.8 Å². The molecule has 3 N–H and O–H groups in total. The van der Waals surface area contributed by atoms with Crippen LogP contribution >= 0.6 is 0 Å². The van der Waals surface area contributed by atoms with Crippen LogP contribution in [0.25, 0.3) is 10.9 Å². The van der Waals surface area contributed by atoms with Gasteiger partial charge in [-0.05, 0) is 48.9 Å². The summed E-state index contributed by atoms with van der Waals surface area (Å²) in [5, 5.41) is 14.3. The Balaban J connectivity index is 1.51. The van der Waals surface area contributed by atoms with Crippen LogP contribution in [-0.2, 0) is 11.2 Å². The fourth-order valence-corrected chi connectivity index (χ4v) is 3.46. The van der Waals surface area contributed by atoms with E-state index in [4.69, 9.17) is 23.7 Å². The van der Waals surface area contributed by atoms with Crippen LogP contribution in [-0.4, -0.2) is 70.4 Å². The average Bonchev–Trinajstić information content (AvgIpc) is 2.85. The lowest BCUT2D eigenvalue weighted by Crippen LogP contribution is -2.32. The molecule has 0 fully saturated rings. The van der Waals surface area contributed by atoms with E-state index in [1.807, 2.05) is 18.2 Å². The van der Waals surface area contributed by atoms with Gasteiger partial charge >= 0.3 is 0 Å². The van der Waals surface area contributed by atoms with Crippen molar-refractivity contribution >= 4 is 10.9 Å². The Morgan fingerprint density at radius 1 is 0.912 bits per heavy atom. The molecule has 0 saturated carbocycles. The number of hydrogen-bond donors (Lipinski definition) is 3. The molecular formula is C25H32N2O7. The predicted octanol–water partition coefficient (Wildman–Crippen LogP) is 2.14. The first-order valence-electron chi connectivity index (χ1n) is 11.1. The number of pyridine rings is 1. The highest BCUT2D eigenvalue weighted by molar-refractivity contribution is 5.89. The second-order valence-electron chi connectivity index (χ2n) is 7.62. The van der Waals surface area contributed by atoms with Crippen LogP contribution in [0.2, 0.25) is 0 Å². The van der Waals surface area contributed by atoms with Crippen molar-refractivity contribution in [3.8, 4) is 23.0 Å². The number of aromatic amines is 1. The van der Waals surface area contributed by atoms with Gasteiger partial charge < -0.3 is 39.1 Å². The monoisotopic (exact) mass is 472 g/mol. The van der Waals surface area contributed by atoms with Crippen molar-refractivity contribution in [2.24, 2.45) is 0 Å². The summed E-state index contributed by atoms with van der Waals surface area (Å²) in [6.45, 7) is 1.95. The lowest BCUT2D eigenvalue weighted by Gasteiger charge is -2.16. The number of aliphatic hydroxyl groups is 1. The third kappa shape index (κ3) is 6.86. The van der Waals surface area contributed by atoms with Crippen molar-refractivity contribution in [3.05, 3.63) is 58.4 Å². The molecule has 3 aromatic rings. The third-order valence-corrected chi connectivity index (χ3v) is 5.21. The van der Waals surface area contributed by atoms with Gasteiger partial charge in [-0.15, -0.1) is 0 Å². The molecule has 1 unspecified atom stereocenters. The number of fused-ring (bicyclic) bond motifs is 1. The first-order chi connectivity index (χ1) is 16.5. The van der Waals surface area contributed by atoms with Crippen molar-refractivity contribution in [3.63, 3.8) is 0 Å². The largest absolute Gasteiger partial charge is 0.493 e. The predicted molar refractivity (Wildman–Crippen MR) is 130 cm³/mol. The Morgan fingerprint density at radius 3 is 2.44 bits per heavy atom. The maximum Gasteiger partial charge on any atom is 0.248 e. The van der Waals surface area contributed by atoms with E-state index >= 15 is 0 Å². The molecule has 1 heterocycles. The highest BCUT2D eigenvalue weighted by atomic mass is 16.5. The van der Waals surface area contributed by atoms with Gasteiger partial charge in [-0.3, -0.25) is 4.79 Å². The second-order valence-corrected chi connectivity index (χ2v) is 7.62. The Bertz CT molecular complexity index is 1120. The first kappa shape index (κ1) is 25.4. The van der Waals surface area contributed by atoms with Crippen LogP contribution < -0.4 is 29.8 Å². The van der Waals surface area contributed by atoms with Crippen molar-refractivity contribution in [1.82, 2.24) is 10.3 Å². The average molecular weight is 473 g/mol. The lowest BCUT2D eigenvalue weighted by atomic mass is 10.1. The van der Waals surface area contributed by atoms with E-state index in [9.17, 15) is 9.90 Å². The van der Waals surface area contributed by atoms with Crippen molar-refractivity contribution in [2.45, 2.75) is 12.5 Å². The van der Waals surface area contributed by atoms with Gasteiger partial charge in [0.05, 0.1) is 26.3 Å². The molecule has 0 bridgehead atoms. The van der Waals surface area contributed by atoms with Gasteiger partial charge in [-0.25, -0.2) is 0 Å². The third-order valence-electron chi connectivity index (χ3n) is 5.21. The Labute approximate surface area is 198 Å². The minimum Gasteiger partial charge on any atom is -0.493 e. The molecule has 9 nitrogen and oxygen atoms in total. The van der Waals surface area contributed by atoms with Crippen LogP contribution in [0.4, 0.5) is 0 Å². The summed E-state index contributed by atoms with van der Waals surface area (Å²) in [7, 11) is 4.81. The van der Waals surface area contributed by atoms with Crippen LogP contribution in [0.1, 0.15) is 5.56 Å². The van der Waals surface area contributed by atoms with Crippen molar-refractivity contribution in [1.29, 1.82) is 0 Å². The minimum atomic E-state index is -0.708. The Morgan fingerprint density at radius 2 is 1.68 bits per heavy atom. The van der Waals surface area contributed by atoms with Gasteiger partial charge in [-0.1, -0.05) is 6.07 Å². The molecule has 2 aromatic carbocycles. The maximum absolute atomic E-state index is 11.8. The van der Waals surface area contributed by atoms with Gasteiger partial charge in [0.15, 0.2) is 11.5 Å². The number of aliphatic hydroxyl groups excluding tert-OH is 1. The number of aromatic nitrogens is 1. The fourth-order valence-electron chi connectivity index (χ4n) is 3.46. The molecule has 1 aromatic heterocycles. The lowest BCUT2D eigenvalue weighted by molar-refractivity contribution is 0.107. The fraction of sp³-hybridized carbons (Fsp3) is 0.400. The van der Waals surface area contributed by atoms with E-state index < -0.39 is 6.10 Å². The smallest absolute Gasteiger partial charge is 0.248 e. The normalized spacial score (nSPS) is 11.9. The molecule has 0 aliphatic heterocycles. The highest BCUT2D eigenvalue weighted by Crippen LogP contribution is 2.31. The van der Waals surface area contributed by atoms with Gasteiger partial charge in [0, 0.05) is 25.1 Å². The number of benzene rings is 2. The number of H-pyrrole nitrogens is 1. The summed E-state index contributed by atoms with van der Waals surface area (Å²) in [5.41, 5.74) is 1.41. The molecule has 0 radical (unpaired) electrons. The molecule has 34 heavy (non-hydrogen) atoms. The summed E-state index contributed by atoms with van der Waals surface area (Å²) in [6.07, 6.45) is 0.0667. The van der Waals surface area contributed by atoms with Crippen LogP contribution in [0.15, 0.2) is 47.3 Å². The molecule has 184 valence electrons. The molecular weight excluding hydrogens is 440 g/mol. The molecule has 0 aliphatic rings. The quantitative estimate of drug-likeness (QED) is 0.306. The van der Waals surface area contributed by atoms with E-state index in [0.717, 1.165) is 12.0 Å². The number of nitrogens with one attached hydrogen (secondary N) is 2. The highest BCUT2D eigenvalue weighted by Gasteiger charge is 2.12. The number of hydrogen-bond acceptors (Lipinski definition) is 8. The Hall–Kier alpha value is -3.27. The van der Waals surface area contributed by atoms with Gasteiger partial charge in [0.1, 0.15) is 30.8 Å². The summed E-state index contributed by atoms with van der Waals surface area (Å²) >= 11 is 0. The summed E-state index contributed by atoms with van der Waals surface area (Å²) < 4.78 is 27.1. The zero-order valence-electron chi connectivity index (χ0n) is 19.8. The second kappa shape index (κ2) is 12.8. The van der Waals surface area contributed by atoms with E-state index in [1.54, 1.807) is 39.5 Å². The molecule has 3 rings (SSSR count). The standard InChI is InChI=1S/C25H32N2O7/c1-30-12-13-33-22-8-7-20(19-5-9-24(29)27-25(19)22)34-16-18(28)15-26-11-10-17-4-6-21(31-2)23(14-17)32-3/h4-9,14,18,26,28H,10-13,15-16H2,1-3H3,(H,27,29). The minimum absolute atomic E-state index is 0.0987. The zero-order chi connectivity index (χ0) is 24.3. The summed E-state index contributed by atoms with van der Waals surface area (Å²) in [5.74, 6) is 2.47. The molecule has 0 saturated heterocycles. The van der Waals surface area contributed by atoms with E-state index in [1.165, 1.54) is 6.07 Å². The maximum atomic E-state index is 11.8. The van der Waals surface area contributed by atoms with Crippen molar-refractivity contribution in [2.75, 3.05) is 54.2 Å². The number of methoxy groups -OCH3 is 3. The zero-order valence-corrected chi connectivity index (χ0v) is 19.8. The molecule has 1 atom stereocenters. The SMILES string of the molecule is COCCOc1ccc(OCC(O)CNCCc2ccc(OC)c(OC)c2)c2ccc(=O)[nH]c12. The molecule has 0 amide bonds. The van der Waals surface area contributed by atoms with Gasteiger partial charge in [0.2, 0.25) is 5.56 Å². The topological polar surface area (TPSA) is 111 Å². The van der Waals surface area contributed by atoms with E-state index in [-0.39, 0.29) is 12.2 Å². The Kier molecular flexibility index (Phi) is 9.57. The van der Waals surface area contributed by atoms with Crippen LogP contribution in [0.5, 0.6) is 23.0 Å². The molecule has 0 aliphatic carbocycles. The first-order valence-corrected chi connectivity index (χ1v) is 11.1. The van der Waals surface area contributed by atoms with Crippen LogP contribution in [0.3, 0.4) is 0 Å². The van der Waals surface area contributed by atoms with Gasteiger partial charge in [0.25, 0.3) is 0 Å². The van der Waals surface area contributed by atoms with E-state index in [0.29, 0.717) is 60.2 Å². The summed E-state index contributed by atoms with van der Waals surface area (Å²) in [4.78, 5) is 14.6.